The van der Waals surface area contributed by atoms with Gasteiger partial charge in [-0.3, -0.25) is 9.80 Å². The molecule has 8 heteroatoms. The summed E-state index contributed by atoms with van der Waals surface area (Å²) in [5.74, 6) is -0.420. The van der Waals surface area contributed by atoms with E-state index in [9.17, 15) is 14.7 Å². The van der Waals surface area contributed by atoms with Crippen LogP contribution in [0.5, 0.6) is 0 Å². The summed E-state index contributed by atoms with van der Waals surface area (Å²) >= 11 is 0. The second-order valence-corrected chi connectivity index (χ2v) is 8.05. The molecule has 0 bridgehead atoms. The molecule has 27 heavy (non-hydrogen) atoms. The molecular formula is C19H34N4O4. The Morgan fingerprint density at radius 3 is 2.37 bits per heavy atom. The summed E-state index contributed by atoms with van der Waals surface area (Å²) in [5.41, 5.74) is -0.0425. The number of likely N-dealkylation sites (N-methyl/N-ethyl adjacent to an activating group) is 2. The van der Waals surface area contributed by atoms with E-state index in [-0.39, 0.29) is 23.5 Å². The largest absolute Gasteiger partial charge is 0.467 e. The number of esters is 1. The zero-order valence-corrected chi connectivity index (χ0v) is 17.2. The molecule has 0 aromatic rings. The van der Waals surface area contributed by atoms with Gasteiger partial charge in [0.25, 0.3) is 0 Å². The van der Waals surface area contributed by atoms with Crippen molar-refractivity contribution in [2.75, 3.05) is 47.5 Å². The van der Waals surface area contributed by atoms with Crippen LogP contribution in [0.15, 0.2) is 12.7 Å². The first kappa shape index (κ1) is 21.7. The summed E-state index contributed by atoms with van der Waals surface area (Å²) in [6, 6.07) is -0.733. The van der Waals surface area contributed by atoms with Crippen LogP contribution in [0.1, 0.15) is 26.7 Å². The molecule has 2 heterocycles. The van der Waals surface area contributed by atoms with Crippen molar-refractivity contribution in [2.45, 2.75) is 44.5 Å². The van der Waals surface area contributed by atoms with Gasteiger partial charge in [-0.2, -0.15) is 0 Å². The fourth-order valence-electron chi connectivity index (χ4n) is 4.29. The zero-order chi connectivity index (χ0) is 20.4. The van der Waals surface area contributed by atoms with Gasteiger partial charge in [-0.25, -0.2) is 9.59 Å². The Morgan fingerprint density at radius 1 is 1.30 bits per heavy atom. The van der Waals surface area contributed by atoms with E-state index in [1.165, 1.54) is 12.0 Å². The molecule has 2 saturated heterocycles. The molecule has 0 saturated carbocycles. The van der Waals surface area contributed by atoms with E-state index in [1.807, 2.05) is 23.6 Å². The number of methoxy groups -OCH3 is 1. The smallest absolute Gasteiger partial charge is 0.328 e. The molecule has 1 unspecified atom stereocenters. The summed E-state index contributed by atoms with van der Waals surface area (Å²) in [4.78, 5) is 32.6. The highest BCUT2D eigenvalue weighted by molar-refractivity contribution is 5.83. The molecular weight excluding hydrogens is 348 g/mol. The van der Waals surface area contributed by atoms with Gasteiger partial charge >= 0.3 is 12.0 Å². The number of hydrogen-bond donors (Lipinski definition) is 1. The van der Waals surface area contributed by atoms with Crippen molar-refractivity contribution in [1.29, 1.82) is 0 Å². The van der Waals surface area contributed by atoms with Crippen molar-refractivity contribution < 1.29 is 19.4 Å². The van der Waals surface area contributed by atoms with E-state index in [0.29, 0.717) is 19.8 Å². The molecule has 0 aromatic heterocycles. The van der Waals surface area contributed by atoms with Gasteiger partial charge in [0.15, 0.2) is 0 Å². The normalized spacial score (nSPS) is 22.7. The average molecular weight is 383 g/mol. The molecule has 0 aliphatic carbocycles. The van der Waals surface area contributed by atoms with Crippen LogP contribution in [0.3, 0.4) is 0 Å². The van der Waals surface area contributed by atoms with Gasteiger partial charge in [0.1, 0.15) is 12.3 Å². The topological polar surface area (TPSA) is 76.6 Å². The van der Waals surface area contributed by atoms with E-state index in [1.54, 1.807) is 13.1 Å². The highest BCUT2D eigenvalue weighted by Crippen LogP contribution is 2.34. The van der Waals surface area contributed by atoms with Crippen LogP contribution < -0.4 is 0 Å². The summed E-state index contributed by atoms with van der Waals surface area (Å²) < 4.78 is 4.87. The van der Waals surface area contributed by atoms with Crippen molar-refractivity contribution >= 4 is 12.0 Å². The predicted octanol–water partition coefficient (Wildman–Crippen LogP) is 0.780. The number of ether oxygens (including phenoxy) is 1. The summed E-state index contributed by atoms with van der Waals surface area (Å²) in [6.45, 7) is 10.2. The molecule has 2 aliphatic rings. The third-order valence-electron chi connectivity index (χ3n) is 6.04. The summed E-state index contributed by atoms with van der Waals surface area (Å²) in [7, 11) is 5.07. The molecule has 2 atom stereocenters. The first-order valence-corrected chi connectivity index (χ1v) is 9.52. The Bertz CT molecular complexity index is 560. The van der Waals surface area contributed by atoms with Crippen molar-refractivity contribution in [3.05, 3.63) is 12.7 Å². The van der Waals surface area contributed by atoms with E-state index in [4.69, 9.17) is 4.74 Å². The number of aliphatic hydroxyl groups excluding tert-OH is 1. The third-order valence-corrected chi connectivity index (χ3v) is 6.04. The Balaban J connectivity index is 2.01. The van der Waals surface area contributed by atoms with Crippen molar-refractivity contribution in [2.24, 2.45) is 5.92 Å². The van der Waals surface area contributed by atoms with E-state index in [0.717, 1.165) is 19.4 Å². The second-order valence-electron chi connectivity index (χ2n) is 8.05. The van der Waals surface area contributed by atoms with E-state index < -0.39 is 12.3 Å². The third kappa shape index (κ3) is 4.28. The van der Waals surface area contributed by atoms with Gasteiger partial charge in [0.05, 0.1) is 13.8 Å². The van der Waals surface area contributed by atoms with Crippen LogP contribution in [0, 0.1) is 5.92 Å². The monoisotopic (exact) mass is 382 g/mol. The number of hydrogen-bond acceptors (Lipinski definition) is 6. The lowest BCUT2D eigenvalue weighted by atomic mass is 9.87. The molecule has 0 radical (unpaired) electrons. The minimum absolute atomic E-state index is 0.0301. The lowest BCUT2D eigenvalue weighted by Gasteiger charge is -2.44. The molecule has 8 nitrogen and oxygen atoms in total. The van der Waals surface area contributed by atoms with Gasteiger partial charge < -0.3 is 19.6 Å². The predicted molar refractivity (Wildman–Crippen MR) is 103 cm³/mol. The maximum Gasteiger partial charge on any atom is 0.328 e. The molecule has 2 rings (SSSR count). The lowest BCUT2D eigenvalue weighted by Crippen LogP contribution is -2.57. The minimum atomic E-state index is -0.649. The summed E-state index contributed by atoms with van der Waals surface area (Å²) in [5, 5.41) is 10.1. The molecule has 1 N–H and O–H groups in total. The Morgan fingerprint density at radius 2 is 1.89 bits per heavy atom. The van der Waals surface area contributed by atoms with Crippen LogP contribution in [0.2, 0.25) is 0 Å². The lowest BCUT2D eigenvalue weighted by molar-refractivity contribution is -0.147. The number of nitrogens with zero attached hydrogens (tertiary/aromatic N) is 4. The number of carbonyl (C=O) groups is 2. The number of piperidine rings is 1. The van der Waals surface area contributed by atoms with Gasteiger partial charge in [0, 0.05) is 32.2 Å². The number of likely N-dealkylation sites (tertiary alicyclic amines) is 1. The SMILES string of the molecule is C=CC(O)N1CN(C)C2(CCN(C(=O)N(C)[C@H](C(=O)OC)C(C)C)CC2)C1. The molecule has 2 amide bonds. The Hall–Kier alpha value is -1.64. The number of aliphatic hydroxyl groups is 1. The van der Waals surface area contributed by atoms with E-state index in [2.05, 4.69) is 18.5 Å². The molecule has 2 fully saturated rings. The standard InChI is InChI=1S/C19H34N4O4/c1-7-15(24)23-12-19(20(4)13-23)8-10-22(11-9-19)18(26)21(5)16(14(2)3)17(25)27-6/h7,14-16,24H,1,8-13H2,2-6H3/t15?,16-/m0/s1. The van der Waals surface area contributed by atoms with Gasteiger partial charge in [-0.1, -0.05) is 20.4 Å². The number of rotatable bonds is 5. The fourth-order valence-corrected chi connectivity index (χ4v) is 4.29. The van der Waals surface area contributed by atoms with Crippen LogP contribution in [0.4, 0.5) is 4.79 Å². The quantitative estimate of drug-likeness (QED) is 0.559. The second kappa shape index (κ2) is 8.58. The van der Waals surface area contributed by atoms with Crippen molar-refractivity contribution in [3.8, 4) is 0 Å². The van der Waals surface area contributed by atoms with E-state index >= 15 is 0 Å². The molecule has 1 spiro atoms. The maximum atomic E-state index is 12.9. The number of urea groups is 1. The minimum Gasteiger partial charge on any atom is -0.467 e. The Labute approximate surface area is 162 Å². The van der Waals surface area contributed by atoms with Crippen LogP contribution in [-0.2, 0) is 9.53 Å². The Kier molecular flexibility index (Phi) is 6.88. The zero-order valence-electron chi connectivity index (χ0n) is 17.2. The number of amides is 2. The van der Waals surface area contributed by atoms with Gasteiger partial charge in [-0.15, -0.1) is 0 Å². The molecule has 154 valence electrons. The summed E-state index contributed by atoms with van der Waals surface area (Å²) in [6.07, 6.45) is 2.55. The van der Waals surface area contributed by atoms with Crippen LogP contribution in [-0.4, -0.2) is 102 Å². The number of carbonyl (C=O) groups excluding carboxylic acids is 2. The highest BCUT2D eigenvalue weighted by Gasteiger charge is 2.47. The highest BCUT2D eigenvalue weighted by atomic mass is 16.5. The fraction of sp³-hybridized carbons (Fsp3) is 0.789. The van der Waals surface area contributed by atoms with Crippen LogP contribution >= 0.6 is 0 Å². The average Bonchev–Trinajstić information content (AvgIpc) is 2.96. The van der Waals surface area contributed by atoms with Crippen LogP contribution in [0.25, 0.3) is 0 Å². The van der Waals surface area contributed by atoms with Crippen molar-refractivity contribution in [3.63, 3.8) is 0 Å². The molecule has 2 aliphatic heterocycles. The first-order chi connectivity index (χ1) is 12.7. The van der Waals surface area contributed by atoms with Crippen molar-refractivity contribution in [1.82, 2.24) is 19.6 Å². The first-order valence-electron chi connectivity index (χ1n) is 9.52. The van der Waals surface area contributed by atoms with Gasteiger partial charge in [0.2, 0.25) is 0 Å². The van der Waals surface area contributed by atoms with Gasteiger partial charge in [-0.05, 0) is 31.9 Å². The maximum absolute atomic E-state index is 12.9. The molecule has 0 aromatic carbocycles.